The predicted molar refractivity (Wildman–Crippen MR) is 126 cm³/mol. The van der Waals surface area contributed by atoms with Crippen LogP contribution >= 0.6 is 23.2 Å². The largest absolute Gasteiger partial charge is 0.507 e. The number of Topliss-reactive ketones (excluding diaryl/α,β-unsaturated/α-hetero) is 1. The van der Waals surface area contributed by atoms with E-state index in [1.807, 2.05) is 13.8 Å². The van der Waals surface area contributed by atoms with Gasteiger partial charge in [-0.2, -0.15) is 0 Å². The van der Waals surface area contributed by atoms with E-state index in [0.29, 0.717) is 36.6 Å². The molecule has 1 fully saturated rings. The molecule has 1 N–H and O–H groups in total. The third-order valence-corrected chi connectivity index (χ3v) is 5.85. The first-order chi connectivity index (χ1) is 15.8. The molecule has 2 aromatic rings. The van der Waals surface area contributed by atoms with Gasteiger partial charge in [-0.3, -0.25) is 9.59 Å². The quantitative estimate of drug-likeness (QED) is 0.307. The second kappa shape index (κ2) is 10.4. The van der Waals surface area contributed by atoms with E-state index in [1.165, 1.54) is 31.3 Å². The van der Waals surface area contributed by atoms with Crippen molar-refractivity contribution in [2.24, 2.45) is 0 Å². The van der Waals surface area contributed by atoms with Crippen molar-refractivity contribution < 1.29 is 28.9 Å². The number of likely N-dealkylation sites (tertiary alicyclic amines) is 1. The standard InChI is InChI=1S/C24H25Cl2NO6/c1-5-9-27-20(13-7-8-17(33-6-2)18(12-13)31-3)19(22(29)24(27)30)21(28)14-10-15(25)23(32-4)16(26)11-14/h7-8,10-12,20,28H,5-6,9H2,1-4H3/b21-19+. The van der Waals surface area contributed by atoms with Gasteiger partial charge in [0.05, 0.1) is 42.5 Å². The van der Waals surface area contributed by atoms with Crippen LogP contribution < -0.4 is 14.2 Å². The van der Waals surface area contributed by atoms with Gasteiger partial charge in [0.1, 0.15) is 5.76 Å². The highest BCUT2D eigenvalue weighted by atomic mass is 35.5. The fourth-order valence-electron chi connectivity index (χ4n) is 3.87. The Morgan fingerprint density at radius 2 is 1.70 bits per heavy atom. The van der Waals surface area contributed by atoms with Crippen LogP contribution in [-0.2, 0) is 9.59 Å². The molecule has 1 saturated heterocycles. The molecule has 1 atom stereocenters. The molecular weight excluding hydrogens is 469 g/mol. The summed E-state index contributed by atoms with van der Waals surface area (Å²) >= 11 is 12.5. The van der Waals surface area contributed by atoms with Crippen LogP contribution in [0.2, 0.25) is 10.0 Å². The first kappa shape index (κ1) is 24.7. The molecule has 1 unspecified atom stereocenters. The zero-order valence-corrected chi connectivity index (χ0v) is 20.3. The summed E-state index contributed by atoms with van der Waals surface area (Å²) in [5.74, 6) is -0.633. The zero-order valence-electron chi connectivity index (χ0n) is 18.8. The van der Waals surface area contributed by atoms with Gasteiger partial charge >= 0.3 is 0 Å². The molecule has 1 aliphatic heterocycles. The van der Waals surface area contributed by atoms with E-state index in [2.05, 4.69) is 0 Å². The molecule has 33 heavy (non-hydrogen) atoms. The highest BCUT2D eigenvalue weighted by Crippen LogP contribution is 2.43. The molecule has 0 bridgehead atoms. The van der Waals surface area contributed by atoms with Gasteiger partial charge in [-0.15, -0.1) is 0 Å². The minimum atomic E-state index is -0.825. The summed E-state index contributed by atoms with van der Waals surface area (Å²) in [5, 5.41) is 11.5. The smallest absolute Gasteiger partial charge is 0.295 e. The number of hydrogen-bond donors (Lipinski definition) is 1. The molecule has 0 aromatic heterocycles. The lowest BCUT2D eigenvalue weighted by Crippen LogP contribution is -2.30. The van der Waals surface area contributed by atoms with Crippen LogP contribution in [0.5, 0.6) is 17.2 Å². The number of halogens is 2. The van der Waals surface area contributed by atoms with Crippen LogP contribution in [0.1, 0.15) is 37.4 Å². The molecule has 0 spiro atoms. The lowest BCUT2D eigenvalue weighted by atomic mass is 9.95. The second-order valence-corrected chi connectivity index (χ2v) is 8.12. The van der Waals surface area contributed by atoms with E-state index < -0.39 is 17.7 Å². The predicted octanol–water partition coefficient (Wildman–Crippen LogP) is 5.24. The van der Waals surface area contributed by atoms with E-state index in [0.717, 1.165) is 0 Å². The molecule has 176 valence electrons. The highest BCUT2D eigenvalue weighted by molar-refractivity contribution is 6.46. The molecule has 0 saturated carbocycles. The number of aliphatic hydroxyl groups excluding tert-OH is 1. The van der Waals surface area contributed by atoms with E-state index in [1.54, 1.807) is 18.2 Å². The number of methoxy groups -OCH3 is 2. The lowest BCUT2D eigenvalue weighted by Gasteiger charge is -2.25. The Kier molecular flexibility index (Phi) is 7.76. The van der Waals surface area contributed by atoms with Crippen LogP contribution in [-0.4, -0.2) is 49.1 Å². The van der Waals surface area contributed by atoms with Crippen molar-refractivity contribution in [3.63, 3.8) is 0 Å². The molecule has 3 rings (SSSR count). The molecule has 1 amide bonds. The summed E-state index contributed by atoms with van der Waals surface area (Å²) in [5.41, 5.74) is 0.732. The second-order valence-electron chi connectivity index (χ2n) is 7.31. The summed E-state index contributed by atoms with van der Waals surface area (Å²) < 4.78 is 16.2. The maximum absolute atomic E-state index is 13.1. The summed E-state index contributed by atoms with van der Waals surface area (Å²) in [6.07, 6.45) is 0.623. The van der Waals surface area contributed by atoms with Crippen molar-refractivity contribution in [3.8, 4) is 17.2 Å². The topological polar surface area (TPSA) is 85.3 Å². The Morgan fingerprint density at radius 3 is 2.24 bits per heavy atom. The zero-order chi connectivity index (χ0) is 24.3. The monoisotopic (exact) mass is 493 g/mol. The van der Waals surface area contributed by atoms with E-state index in [4.69, 9.17) is 37.4 Å². The minimum absolute atomic E-state index is 0.0584. The number of aliphatic hydroxyl groups is 1. The lowest BCUT2D eigenvalue weighted by molar-refractivity contribution is -0.139. The molecule has 0 aliphatic carbocycles. The van der Waals surface area contributed by atoms with Crippen molar-refractivity contribution >= 4 is 40.7 Å². The average Bonchev–Trinajstić information content (AvgIpc) is 3.04. The number of ketones is 1. The van der Waals surface area contributed by atoms with Gasteiger partial charge < -0.3 is 24.2 Å². The highest BCUT2D eigenvalue weighted by Gasteiger charge is 2.46. The van der Waals surface area contributed by atoms with Gasteiger partial charge in [0.15, 0.2) is 17.2 Å². The average molecular weight is 494 g/mol. The van der Waals surface area contributed by atoms with Crippen LogP contribution in [0.25, 0.3) is 5.76 Å². The van der Waals surface area contributed by atoms with Crippen molar-refractivity contribution in [2.45, 2.75) is 26.3 Å². The Morgan fingerprint density at radius 1 is 1.03 bits per heavy atom. The summed E-state index contributed by atoms with van der Waals surface area (Å²) in [6.45, 7) is 4.53. The molecule has 1 aliphatic rings. The maximum Gasteiger partial charge on any atom is 0.295 e. The van der Waals surface area contributed by atoms with Gasteiger partial charge in [0, 0.05) is 12.1 Å². The third-order valence-electron chi connectivity index (χ3n) is 5.28. The number of carbonyl (C=O) groups is 2. The number of hydrogen-bond acceptors (Lipinski definition) is 6. The number of nitrogens with zero attached hydrogens (tertiary/aromatic N) is 1. The number of carbonyl (C=O) groups excluding carboxylic acids is 2. The van der Waals surface area contributed by atoms with E-state index >= 15 is 0 Å². The normalized spacial score (nSPS) is 17.4. The van der Waals surface area contributed by atoms with Gasteiger partial charge in [0.2, 0.25) is 0 Å². The maximum atomic E-state index is 13.1. The van der Waals surface area contributed by atoms with Crippen LogP contribution in [0.15, 0.2) is 35.9 Å². The van der Waals surface area contributed by atoms with Gasteiger partial charge in [-0.05, 0) is 43.2 Å². The summed E-state index contributed by atoms with van der Waals surface area (Å²) in [6, 6.07) is 7.20. The fraction of sp³-hybridized carbons (Fsp3) is 0.333. The molecule has 0 radical (unpaired) electrons. The van der Waals surface area contributed by atoms with Crippen molar-refractivity contribution in [3.05, 3.63) is 57.1 Å². The first-order valence-electron chi connectivity index (χ1n) is 10.4. The minimum Gasteiger partial charge on any atom is -0.507 e. The van der Waals surface area contributed by atoms with E-state index in [9.17, 15) is 14.7 Å². The molecule has 9 heteroatoms. The van der Waals surface area contributed by atoms with Crippen molar-refractivity contribution in [1.29, 1.82) is 0 Å². The first-order valence-corrected chi connectivity index (χ1v) is 11.2. The number of amides is 1. The Balaban J connectivity index is 2.22. The number of benzene rings is 2. The van der Waals surface area contributed by atoms with Gasteiger partial charge in [-0.1, -0.05) is 36.2 Å². The van der Waals surface area contributed by atoms with Crippen molar-refractivity contribution in [1.82, 2.24) is 4.90 Å². The number of ether oxygens (including phenoxy) is 3. The van der Waals surface area contributed by atoms with Crippen LogP contribution in [0, 0.1) is 0 Å². The van der Waals surface area contributed by atoms with Crippen molar-refractivity contribution in [2.75, 3.05) is 27.4 Å². The van der Waals surface area contributed by atoms with Crippen LogP contribution in [0.3, 0.4) is 0 Å². The molecule has 7 nitrogen and oxygen atoms in total. The fourth-order valence-corrected chi connectivity index (χ4v) is 4.52. The molecular formula is C24H25Cl2NO6. The van der Waals surface area contributed by atoms with Crippen LogP contribution in [0.4, 0.5) is 0 Å². The number of rotatable bonds is 8. The Hall–Kier alpha value is -2.90. The third kappa shape index (κ3) is 4.61. The van der Waals surface area contributed by atoms with E-state index in [-0.39, 0.29) is 32.7 Å². The Labute approximate surface area is 202 Å². The van der Waals surface area contributed by atoms with Gasteiger partial charge in [-0.25, -0.2) is 0 Å². The van der Waals surface area contributed by atoms with Gasteiger partial charge in [0.25, 0.3) is 11.7 Å². The summed E-state index contributed by atoms with van der Waals surface area (Å²) in [7, 11) is 2.92. The Bertz CT molecular complexity index is 1090. The molecule has 2 aromatic carbocycles. The molecule has 1 heterocycles. The summed E-state index contributed by atoms with van der Waals surface area (Å²) in [4.78, 5) is 27.4. The SMILES string of the molecule is CCCN1C(=O)C(=O)/C(=C(/O)c2cc(Cl)c(OC)c(Cl)c2)C1c1ccc(OCC)c(OC)c1.